The molecule has 0 aliphatic rings. The Balaban J connectivity index is 2.90. The van der Waals surface area contributed by atoms with Gasteiger partial charge in [-0.25, -0.2) is 23.5 Å². The Morgan fingerprint density at radius 3 is 2.63 bits per heavy atom. The van der Waals surface area contributed by atoms with E-state index in [-0.39, 0.29) is 10.7 Å². The number of sulfonamides is 1. The van der Waals surface area contributed by atoms with Crippen molar-refractivity contribution in [3.8, 4) is 0 Å². The summed E-state index contributed by atoms with van der Waals surface area (Å²) in [7, 11) is -2.92. The summed E-state index contributed by atoms with van der Waals surface area (Å²) in [5, 5.41) is 0. The molecule has 0 radical (unpaired) electrons. The minimum absolute atomic E-state index is 0.102. The van der Waals surface area contributed by atoms with Gasteiger partial charge in [-0.05, 0) is 6.07 Å². The first-order chi connectivity index (χ1) is 8.66. The van der Waals surface area contributed by atoms with Crippen LogP contribution in [0.2, 0.25) is 0 Å². The van der Waals surface area contributed by atoms with Gasteiger partial charge in [0.1, 0.15) is 5.82 Å². The lowest BCUT2D eigenvalue weighted by Gasteiger charge is -2.18. The maximum atomic E-state index is 12.1. The van der Waals surface area contributed by atoms with Gasteiger partial charge in [-0.1, -0.05) is 0 Å². The number of alkyl halides is 3. The van der Waals surface area contributed by atoms with Gasteiger partial charge >= 0.3 is 6.18 Å². The highest BCUT2D eigenvalue weighted by Gasteiger charge is 2.30. The second-order valence-corrected chi connectivity index (χ2v) is 5.76. The number of hydrogen-bond donors (Lipinski definition) is 2. The van der Waals surface area contributed by atoms with E-state index >= 15 is 0 Å². The molecular weight excluding hydrogens is 285 g/mol. The Bertz CT molecular complexity index is 533. The molecule has 0 atom stereocenters. The molecule has 1 heterocycles. The Hall–Kier alpha value is -1.39. The number of nitrogens with zero attached hydrogens (tertiary/aromatic N) is 2. The number of nitrogens with two attached hydrogens (primary N) is 1. The van der Waals surface area contributed by atoms with Gasteiger partial charge in [-0.2, -0.15) is 13.2 Å². The van der Waals surface area contributed by atoms with E-state index in [1.807, 2.05) is 0 Å². The molecule has 1 aromatic heterocycles. The maximum absolute atomic E-state index is 12.1. The van der Waals surface area contributed by atoms with E-state index in [1.54, 1.807) is 0 Å². The summed E-state index contributed by atoms with van der Waals surface area (Å²) >= 11 is 0. The highest BCUT2D eigenvalue weighted by atomic mass is 32.2. The van der Waals surface area contributed by atoms with Crippen LogP contribution in [0.5, 0.6) is 0 Å². The third-order valence-electron chi connectivity index (χ3n) is 2.30. The van der Waals surface area contributed by atoms with Crippen molar-refractivity contribution in [1.29, 1.82) is 0 Å². The lowest BCUT2D eigenvalue weighted by molar-refractivity contribution is -0.135. The summed E-state index contributed by atoms with van der Waals surface area (Å²) in [5.74, 6) is 5.19. The van der Waals surface area contributed by atoms with E-state index in [1.165, 1.54) is 12.3 Å². The van der Waals surface area contributed by atoms with Crippen LogP contribution in [0.3, 0.4) is 0 Å². The molecule has 0 bridgehead atoms. The zero-order valence-corrected chi connectivity index (χ0v) is 10.8. The number of anilines is 1. The molecular formula is C9H13F3N4O2S. The zero-order chi connectivity index (χ0) is 14.7. The van der Waals surface area contributed by atoms with Crippen molar-refractivity contribution >= 4 is 15.8 Å². The standard InChI is InChI=1S/C9H13F3N4O2S/c1-16(5-3-9(10,11)12)19(17,18)7-2-4-14-8(6-7)15-13/h2,4,6H,3,5,13H2,1H3,(H,14,15). The average Bonchev–Trinajstić information content (AvgIpc) is 2.35. The minimum atomic E-state index is -4.41. The van der Waals surface area contributed by atoms with Crippen LogP contribution in [0.4, 0.5) is 19.0 Å². The SMILES string of the molecule is CN(CCC(F)(F)F)S(=O)(=O)c1ccnc(NN)c1. The molecule has 0 aromatic carbocycles. The van der Waals surface area contributed by atoms with Crippen LogP contribution < -0.4 is 11.3 Å². The number of nitrogen functional groups attached to an aromatic ring is 1. The predicted molar refractivity (Wildman–Crippen MR) is 62.5 cm³/mol. The Morgan fingerprint density at radius 2 is 2.11 bits per heavy atom. The van der Waals surface area contributed by atoms with E-state index in [2.05, 4.69) is 10.4 Å². The molecule has 3 N–H and O–H groups in total. The summed E-state index contributed by atoms with van der Waals surface area (Å²) in [4.78, 5) is 3.54. The van der Waals surface area contributed by atoms with Crippen LogP contribution in [-0.4, -0.2) is 37.5 Å². The van der Waals surface area contributed by atoms with E-state index < -0.39 is 29.2 Å². The van der Waals surface area contributed by atoms with Gasteiger partial charge in [0.25, 0.3) is 0 Å². The van der Waals surface area contributed by atoms with Crippen molar-refractivity contribution in [2.75, 3.05) is 19.0 Å². The van der Waals surface area contributed by atoms with E-state index in [9.17, 15) is 21.6 Å². The number of nitrogens with one attached hydrogen (secondary N) is 1. The average molecular weight is 298 g/mol. The molecule has 0 amide bonds. The zero-order valence-electron chi connectivity index (χ0n) is 9.98. The number of halogens is 3. The molecule has 108 valence electrons. The summed E-state index contributed by atoms with van der Waals surface area (Å²) in [5.41, 5.74) is 2.16. The first-order valence-corrected chi connectivity index (χ1v) is 6.56. The maximum Gasteiger partial charge on any atom is 0.390 e. The third-order valence-corrected chi connectivity index (χ3v) is 4.15. The largest absolute Gasteiger partial charge is 0.390 e. The van der Waals surface area contributed by atoms with Crippen LogP contribution in [0.25, 0.3) is 0 Å². The highest BCUT2D eigenvalue weighted by Crippen LogP contribution is 2.22. The minimum Gasteiger partial charge on any atom is -0.308 e. The molecule has 0 aliphatic heterocycles. The highest BCUT2D eigenvalue weighted by molar-refractivity contribution is 7.89. The van der Waals surface area contributed by atoms with Crippen LogP contribution in [0.15, 0.2) is 23.2 Å². The van der Waals surface area contributed by atoms with Crippen molar-refractivity contribution in [2.24, 2.45) is 5.84 Å². The lowest BCUT2D eigenvalue weighted by atomic mass is 10.4. The molecule has 0 saturated heterocycles. The molecule has 10 heteroatoms. The van der Waals surface area contributed by atoms with Gasteiger partial charge in [-0.15, -0.1) is 0 Å². The van der Waals surface area contributed by atoms with Gasteiger partial charge in [0.15, 0.2) is 0 Å². The summed E-state index contributed by atoms with van der Waals surface area (Å²) < 4.78 is 60.8. The molecule has 1 rings (SSSR count). The van der Waals surface area contributed by atoms with Crippen molar-refractivity contribution < 1.29 is 21.6 Å². The van der Waals surface area contributed by atoms with Gasteiger partial charge in [0, 0.05) is 25.9 Å². The van der Waals surface area contributed by atoms with Crippen LogP contribution >= 0.6 is 0 Å². The monoisotopic (exact) mass is 298 g/mol. The normalized spacial score (nSPS) is 12.7. The van der Waals surface area contributed by atoms with Crippen LogP contribution in [0, 0.1) is 0 Å². The molecule has 0 fully saturated rings. The molecule has 0 aliphatic carbocycles. The van der Waals surface area contributed by atoms with Crippen molar-refractivity contribution in [3.05, 3.63) is 18.3 Å². The number of pyridine rings is 1. The number of rotatable bonds is 5. The van der Waals surface area contributed by atoms with Gasteiger partial charge in [-0.3, -0.25) is 0 Å². The van der Waals surface area contributed by atoms with Crippen molar-refractivity contribution in [2.45, 2.75) is 17.5 Å². The molecule has 1 aromatic rings. The first-order valence-electron chi connectivity index (χ1n) is 5.12. The van der Waals surface area contributed by atoms with E-state index in [4.69, 9.17) is 5.84 Å². The second-order valence-electron chi connectivity index (χ2n) is 3.71. The molecule has 0 unspecified atom stereocenters. The van der Waals surface area contributed by atoms with E-state index in [0.29, 0.717) is 4.31 Å². The van der Waals surface area contributed by atoms with Crippen molar-refractivity contribution in [3.63, 3.8) is 0 Å². The summed E-state index contributed by atoms with van der Waals surface area (Å²) in [6.07, 6.45) is -4.43. The summed E-state index contributed by atoms with van der Waals surface area (Å²) in [6.45, 7) is -0.653. The fraction of sp³-hybridized carbons (Fsp3) is 0.444. The Kier molecular flexibility index (Phi) is 4.71. The van der Waals surface area contributed by atoms with Crippen molar-refractivity contribution in [1.82, 2.24) is 9.29 Å². The fourth-order valence-corrected chi connectivity index (χ4v) is 2.42. The van der Waals surface area contributed by atoms with Crippen LogP contribution in [-0.2, 0) is 10.0 Å². The second kappa shape index (κ2) is 5.72. The van der Waals surface area contributed by atoms with E-state index in [0.717, 1.165) is 13.1 Å². The topological polar surface area (TPSA) is 88.3 Å². The molecule has 0 saturated carbocycles. The number of hydrazine groups is 1. The number of aromatic nitrogens is 1. The Labute approximate surface area is 108 Å². The van der Waals surface area contributed by atoms with Crippen LogP contribution in [0.1, 0.15) is 6.42 Å². The van der Waals surface area contributed by atoms with Gasteiger partial charge in [0.2, 0.25) is 10.0 Å². The van der Waals surface area contributed by atoms with Gasteiger partial charge < -0.3 is 5.43 Å². The van der Waals surface area contributed by atoms with Gasteiger partial charge in [0.05, 0.1) is 11.3 Å². The number of hydrogen-bond acceptors (Lipinski definition) is 5. The first kappa shape index (κ1) is 15.7. The smallest absolute Gasteiger partial charge is 0.308 e. The molecule has 6 nitrogen and oxygen atoms in total. The molecule has 0 spiro atoms. The lowest BCUT2D eigenvalue weighted by Crippen LogP contribution is -2.30. The Morgan fingerprint density at radius 1 is 1.47 bits per heavy atom. The predicted octanol–water partition coefficient (Wildman–Crippen LogP) is 0.940. The quantitative estimate of drug-likeness (QED) is 0.624. The fourth-order valence-electron chi connectivity index (χ4n) is 1.23. The molecule has 19 heavy (non-hydrogen) atoms. The summed E-state index contributed by atoms with van der Waals surface area (Å²) in [6, 6.07) is 2.32. The third kappa shape index (κ3) is 4.33.